The monoisotopic (exact) mass is 410 g/mol. The van der Waals surface area contributed by atoms with Crippen molar-refractivity contribution in [1.82, 2.24) is 0 Å². The number of carbonyl (C=O) groups excluding carboxylic acids is 1. The zero-order valence-electron chi connectivity index (χ0n) is 11.6. The van der Waals surface area contributed by atoms with Crippen LogP contribution in [0.25, 0.3) is 0 Å². The number of halogens is 4. The van der Waals surface area contributed by atoms with Crippen molar-refractivity contribution in [3.8, 4) is 0 Å². The molecule has 2 aromatic carbocycles. The van der Waals surface area contributed by atoms with Crippen molar-refractivity contribution in [3.63, 3.8) is 0 Å². The van der Waals surface area contributed by atoms with E-state index in [1.165, 1.54) is 19.2 Å². The van der Waals surface area contributed by atoms with Gasteiger partial charge in [-0.05, 0) is 24.3 Å². The minimum absolute atomic E-state index is 0. The fourth-order valence-electron chi connectivity index (χ4n) is 1.50. The average molecular weight is 412 g/mol. The maximum atomic E-state index is 11.1. The molecule has 0 unspecified atom stereocenters. The molecule has 0 saturated carbocycles. The molecule has 8 heteroatoms. The SMILES string of the molecule is COC(=O)c1c(Cl)cccc1Cl.O=C(O)c1c(Cl)cccc1Cl.[HH].[HH].[HH].[HH].[HH].[HH].[HH].[HH]. The summed E-state index contributed by atoms with van der Waals surface area (Å²) < 4.78 is 4.49. The molecule has 0 radical (unpaired) electrons. The number of carboxylic acids is 1. The van der Waals surface area contributed by atoms with Crippen molar-refractivity contribution < 1.29 is 30.8 Å². The van der Waals surface area contributed by atoms with Gasteiger partial charge in [-0.15, -0.1) is 0 Å². The molecule has 0 saturated heterocycles. The summed E-state index contributed by atoms with van der Waals surface area (Å²) in [5, 5.41) is 9.49. The predicted octanol–water partition coefficient (Wildman–Crippen LogP) is 7.44. The Bertz CT molecular complexity index is 716. The standard InChI is InChI=1S/C8H6Cl2O2.C7H4Cl2O2.8H2/c1-12-8(11)7-5(9)3-2-4-6(7)10;8-4-2-1-3-5(9)6(4)7(10)11;;;;;;;;/h2-4H,1H3;1-3H,(H,10,11);8*1H. The summed E-state index contributed by atoms with van der Waals surface area (Å²) in [6.07, 6.45) is 0. The summed E-state index contributed by atoms with van der Waals surface area (Å²) in [7, 11) is 1.28. The van der Waals surface area contributed by atoms with Crippen LogP contribution < -0.4 is 0 Å². The van der Waals surface area contributed by atoms with Crippen molar-refractivity contribution in [3.05, 3.63) is 67.6 Å². The molecule has 0 spiro atoms. The third kappa shape index (κ3) is 5.29. The minimum atomic E-state index is -1.11. The molecule has 23 heavy (non-hydrogen) atoms. The molecule has 0 aliphatic heterocycles. The van der Waals surface area contributed by atoms with Crippen LogP contribution in [-0.2, 0) is 4.74 Å². The first kappa shape index (κ1) is 19.6. The molecule has 0 heterocycles. The maximum absolute atomic E-state index is 11.1. The lowest BCUT2D eigenvalue weighted by atomic mass is 10.2. The Morgan fingerprint density at radius 1 is 0.870 bits per heavy atom. The number of rotatable bonds is 2. The Morgan fingerprint density at radius 2 is 1.22 bits per heavy atom. The van der Waals surface area contributed by atoms with E-state index < -0.39 is 11.9 Å². The molecule has 0 fully saturated rings. The van der Waals surface area contributed by atoms with Gasteiger partial charge in [-0.1, -0.05) is 58.5 Å². The zero-order chi connectivity index (χ0) is 17.6. The number of hydrogen-bond acceptors (Lipinski definition) is 3. The normalized spacial score (nSPS) is 9.61. The fraction of sp³-hybridized carbons (Fsp3) is 0.0667. The Morgan fingerprint density at radius 3 is 1.48 bits per heavy atom. The smallest absolute Gasteiger partial charge is 0.340 e. The molecule has 0 aliphatic rings. The van der Waals surface area contributed by atoms with Gasteiger partial charge in [0.2, 0.25) is 0 Å². The lowest BCUT2D eigenvalue weighted by molar-refractivity contribution is 0.0600. The Balaban J connectivity index is -0.0000000453. The van der Waals surface area contributed by atoms with Gasteiger partial charge in [0, 0.05) is 11.4 Å². The van der Waals surface area contributed by atoms with Crippen LogP contribution in [0.4, 0.5) is 0 Å². The molecular weight excluding hydrogens is 386 g/mol. The van der Waals surface area contributed by atoms with Crippen molar-refractivity contribution in [2.45, 2.75) is 0 Å². The predicted molar refractivity (Wildman–Crippen MR) is 108 cm³/mol. The molecule has 138 valence electrons. The van der Waals surface area contributed by atoms with Crippen LogP contribution >= 0.6 is 46.4 Å². The van der Waals surface area contributed by atoms with E-state index >= 15 is 0 Å². The molecule has 0 amide bonds. The minimum Gasteiger partial charge on any atom is -0.478 e. The maximum Gasteiger partial charge on any atom is 0.340 e. The molecular formula is C15H26Cl4O4. The summed E-state index contributed by atoms with van der Waals surface area (Å²) in [5.74, 6) is -1.63. The van der Waals surface area contributed by atoms with Crippen LogP contribution in [0.3, 0.4) is 0 Å². The van der Waals surface area contributed by atoms with Gasteiger partial charge >= 0.3 is 11.9 Å². The Kier molecular flexibility index (Phi) is 7.65. The Hall–Kier alpha value is -1.46. The van der Waals surface area contributed by atoms with Gasteiger partial charge < -0.3 is 9.84 Å². The number of methoxy groups -OCH3 is 1. The molecule has 0 aromatic heterocycles. The Labute approximate surface area is 164 Å². The second kappa shape index (κ2) is 8.99. The summed E-state index contributed by atoms with van der Waals surface area (Å²) in [4.78, 5) is 21.5. The van der Waals surface area contributed by atoms with Crippen LogP contribution in [0.5, 0.6) is 0 Å². The topological polar surface area (TPSA) is 63.6 Å². The van der Waals surface area contributed by atoms with Crippen molar-refractivity contribution in [1.29, 1.82) is 0 Å². The number of aromatic carboxylic acids is 1. The lowest BCUT2D eigenvalue weighted by Crippen LogP contribution is -2.02. The van der Waals surface area contributed by atoms with Gasteiger partial charge in [0.1, 0.15) is 0 Å². The van der Waals surface area contributed by atoms with Crippen LogP contribution in [0, 0.1) is 0 Å². The number of carboxylic acid groups (broad SMARTS) is 1. The van der Waals surface area contributed by atoms with Gasteiger partial charge in [0.25, 0.3) is 0 Å². The van der Waals surface area contributed by atoms with Crippen LogP contribution in [0.1, 0.15) is 32.1 Å². The van der Waals surface area contributed by atoms with Gasteiger partial charge in [-0.2, -0.15) is 0 Å². The van der Waals surface area contributed by atoms with Crippen LogP contribution in [0.15, 0.2) is 36.4 Å². The average Bonchev–Trinajstić information content (AvgIpc) is 2.47. The number of ether oxygens (including phenoxy) is 1. The van der Waals surface area contributed by atoms with E-state index in [-0.39, 0.29) is 32.6 Å². The highest BCUT2D eigenvalue weighted by molar-refractivity contribution is 6.39. The molecule has 1 N–H and O–H groups in total. The van der Waals surface area contributed by atoms with Gasteiger partial charge in [-0.25, -0.2) is 9.59 Å². The summed E-state index contributed by atoms with van der Waals surface area (Å²) in [5.41, 5.74) is 0.166. The highest BCUT2D eigenvalue weighted by Gasteiger charge is 2.14. The van der Waals surface area contributed by atoms with E-state index in [4.69, 9.17) is 51.5 Å². The van der Waals surface area contributed by atoms with E-state index in [0.717, 1.165) is 0 Å². The molecule has 0 bridgehead atoms. The number of esters is 1. The second-order valence-corrected chi connectivity index (χ2v) is 5.62. The zero-order valence-corrected chi connectivity index (χ0v) is 14.7. The van der Waals surface area contributed by atoms with Crippen LogP contribution in [0.2, 0.25) is 20.1 Å². The van der Waals surface area contributed by atoms with E-state index in [0.29, 0.717) is 10.0 Å². The summed E-state index contributed by atoms with van der Waals surface area (Å²) >= 11 is 22.6. The first-order valence-corrected chi connectivity index (χ1v) is 7.50. The molecule has 0 aliphatic carbocycles. The highest BCUT2D eigenvalue weighted by Crippen LogP contribution is 2.25. The second-order valence-electron chi connectivity index (χ2n) is 3.99. The van der Waals surface area contributed by atoms with Crippen molar-refractivity contribution >= 4 is 58.3 Å². The number of hydrogen-bond donors (Lipinski definition) is 1. The van der Waals surface area contributed by atoms with E-state index in [1.54, 1.807) is 24.3 Å². The first-order valence-electron chi connectivity index (χ1n) is 5.99. The van der Waals surface area contributed by atoms with Gasteiger partial charge in [0.15, 0.2) is 0 Å². The largest absolute Gasteiger partial charge is 0.478 e. The molecule has 4 nitrogen and oxygen atoms in total. The van der Waals surface area contributed by atoms with Crippen LogP contribution in [-0.4, -0.2) is 24.2 Å². The molecule has 2 aromatic rings. The van der Waals surface area contributed by atoms with E-state index in [9.17, 15) is 9.59 Å². The quantitative estimate of drug-likeness (QED) is 0.521. The van der Waals surface area contributed by atoms with Gasteiger partial charge in [0.05, 0.1) is 38.3 Å². The third-order valence-corrected chi connectivity index (χ3v) is 3.79. The number of benzene rings is 2. The van der Waals surface area contributed by atoms with Crippen molar-refractivity contribution in [2.24, 2.45) is 0 Å². The fourth-order valence-corrected chi connectivity index (χ4v) is 2.61. The first-order chi connectivity index (χ1) is 10.8. The highest BCUT2D eigenvalue weighted by atomic mass is 35.5. The molecule has 2 rings (SSSR count). The summed E-state index contributed by atoms with van der Waals surface area (Å²) in [6.45, 7) is 0. The molecule has 0 atom stereocenters. The van der Waals surface area contributed by atoms with E-state index in [1.807, 2.05) is 0 Å². The van der Waals surface area contributed by atoms with E-state index in [2.05, 4.69) is 4.74 Å². The lowest BCUT2D eigenvalue weighted by Gasteiger charge is -2.02. The van der Waals surface area contributed by atoms with Crippen molar-refractivity contribution in [2.75, 3.05) is 7.11 Å². The van der Waals surface area contributed by atoms with Gasteiger partial charge in [-0.3, -0.25) is 0 Å². The summed E-state index contributed by atoms with van der Waals surface area (Å²) in [6, 6.07) is 9.39. The third-order valence-electron chi connectivity index (χ3n) is 2.53. The number of carbonyl (C=O) groups is 2.